The van der Waals surface area contributed by atoms with E-state index >= 15 is 0 Å². The van der Waals surface area contributed by atoms with Crippen LogP contribution < -0.4 is 5.32 Å². The zero-order chi connectivity index (χ0) is 22.0. The number of halogens is 1. The number of carbonyl (C=O) groups is 3. The van der Waals surface area contributed by atoms with Gasteiger partial charge in [0, 0.05) is 31.1 Å². The van der Waals surface area contributed by atoms with E-state index in [4.69, 9.17) is 16.7 Å². The van der Waals surface area contributed by atoms with Crippen molar-refractivity contribution in [3.8, 4) is 0 Å². The van der Waals surface area contributed by atoms with Crippen LogP contribution in [-0.2, 0) is 23.9 Å². The van der Waals surface area contributed by atoms with Crippen LogP contribution in [0, 0.1) is 0 Å². The van der Waals surface area contributed by atoms with Gasteiger partial charge in [0.25, 0.3) is 16.0 Å². The number of benzene rings is 1. The Morgan fingerprint density at radius 3 is 2.45 bits per heavy atom. The van der Waals surface area contributed by atoms with Crippen molar-refractivity contribution >= 4 is 45.3 Å². The van der Waals surface area contributed by atoms with Crippen molar-refractivity contribution in [1.82, 2.24) is 4.90 Å². The molecule has 1 rings (SSSR count). The molecule has 0 aliphatic carbocycles. The summed E-state index contributed by atoms with van der Waals surface area (Å²) in [4.78, 5) is 36.5. The molecule has 12 heteroatoms. The lowest BCUT2D eigenvalue weighted by atomic mass is 10.1. The highest BCUT2D eigenvalue weighted by Gasteiger charge is 2.31. The van der Waals surface area contributed by atoms with Crippen molar-refractivity contribution in [3.05, 3.63) is 29.8 Å². The molecule has 10 nitrogen and oxygen atoms in total. The third kappa shape index (κ3) is 8.67. The van der Waals surface area contributed by atoms with E-state index in [0.29, 0.717) is 5.69 Å². The molecule has 0 saturated carbocycles. The Balaban J connectivity index is 3.04. The number of hydrogen-bond acceptors (Lipinski definition) is 7. The molecule has 0 aliphatic heterocycles. The van der Waals surface area contributed by atoms with Crippen LogP contribution in [0.5, 0.6) is 0 Å². The molecule has 1 atom stereocenters. The number of carboxylic acids is 2. The van der Waals surface area contributed by atoms with Crippen LogP contribution >= 0.6 is 11.6 Å². The first-order chi connectivity index (χ1) is 13.6. The van der Waals surface area contributed by atoms with Crippen LogP contribution in [0.1, 0.15) is 23.2 Å². The molecule has 0 radical (unpaired) electrons. The number of carbonyl (C=O) groups excluding carboxylic acids is 1. The van der Waals surface area contributed by atoms with Crippen LogP contribution in [0.4, 0.5) is 5.69 Å². The minimum Gasteiger partial charge on any atom is -0.481 e. The number of alkyl halides is 1. The third-order valence-corrected chi connectivity index (χ3v) is 4.52. The molecule has 3 N–H and O–H groups in total. The Morgan fingerprint density at radius 2 is 1.90 bits per heavy atom. The first kappa shape index (κ1) is 24.7. The summed E-state index contributed by atoms with van der Waals surface area (Å²) in [5.41, 5.74) is 0.482. The lowest BCUT2D eigenvalue weighted by Gasteiger charge is -2.29. The fourth-order valence-corrected chi connectivity index (χ4v) is 3.09. The van der Waals surface area contributed by atoms with Gasteiger partial charge in [-0.2, -0.15) is 8.42 Å². The van der Waals surface area contributed by atoms with Crippen molar-refractivity contribution in [2.45, 2.75) is 18.9 Å². The summed E-state index contributed by atoms with van der Waals surface area (Å²) < 4.78 is 26.6. The van der Waals surface area contributed by atoms with Gasteiger partial charge in [-0.3, -0.25) is 13.8 Å². The molecule has 1 amide bonds. The van der Waals surface area contributed by atoms with E-state index in [1.54, 1.807) is 18.2 Å². The van der Waals surface area contributed by atoms with E-state index in [0.717, 1.165) is 11.2 Å². The topological polar surface area (TPSA) is 150 Å². The highest BCUT2D eigenvalue weighted by molar-refractivity contribution is 7.85. The number of nitrogens with one attached hydrogen (secondary N) is 1. The SMILES string of the molecule is CS(=O)(=O)OCCNc1ccccc1C(=O)N(CCCl)[C@@H](CCC(=O)O)C(=O)O. The molecule has 0 fully saturated rings. The molecular weight excluding hydrogens is 428 g/mol. The fraction of sp³-hybridized carbons (Fsp3) is 0.471. The minimum absolute atomic E-state index is 0.0413. The lowest BCUT2D eigenvalue weighted by Crippen LogP contribution is -2.46. The highest BCUT2D eigenvalue weighted by Crippen LogP contribution is 2.20. The monoisotopic (exact) mass is 450 g/mol. The summed E-state index contributed by atoms with van der Waals surface area (Å²) in [6.45, 7) is -0.181. The maximum atomic E-state index is 13.0. The number of carboxylic acid groups (broad SMARTS) is 2. The normalized spacial score (nSPS) is 12.2. The Kier molecular flexibility index (Phi) is 9.86. The first-order valence-corrected chi connectivity index (χ1v) is 10.9. The smallest absolute Gasteiger partial charge is 0.326 e. The zero-order valence-corrected chi connectivity index (χ0v) is 17.3. The molecule has 1 aromatic rings. The summed E-state index contributed by atoms with van der Waals surface area (Å²) in [5.74, 6) is -3.20. The molecule has 0 heterocycles. The number of hydrogen-bond donors (Lipinski definition) is 3. The summed E-state index contributed by atoms with van der Waals surface area (Å²) in [7, 11) is -3.60. The standard InChI is InChI=1S/C17H23ClN2O8S/c1-29(26,27)28-11-9-19-13-5-3-2-4-12(13)16(23)20(10-8-18)14(17(24)25)6-7-15(21)22/h2-5,14,19H,6-11H2,1H3,(H,21,22)(H,24,25)/t14-/m0/s1. The predicted molar refractivity (Wildman–Crippen MR) is 106 cm³/mol. The van der Waals surface area contributed by atoms with Gasteiger partial charge in [-0.1, -0.05) is 12.1 Å². The Hall–Kier alpha value is -2.37. The van der Waals surface area contributed by atoms with E-state index in [9.17, 15) is 27.9 Å². The van der Waals surface area contributed by atoms with Crippen LogP contribution in [0.2, 0.25) is 0 Å². The third-order valence-electron chi connectivity index (χ3n) is 3.75. The predicted octanol–water partition coefficient (Wildman–Crippen LogP) is 1.07. The first-order valence-electron chi connectivity index (χ1n) is 8.55. The van der Waals surface area contributed by atoms with Crippen molar-refractivity contribution in [2.75, 3.05) is 37.1 Å². The number of anilines is 1. The van der Waals surface area contributed by atoms with E-state index in [1.165, 1.54) is 6.07 Å². The second-order valence-corrected chi connectivity index (χ2v) is 7.99. The van der Waals surface area contributed by atoms with Crippen LogP contribution in [0.3, 0.4) is 0 Å². The number of nitrogens with zero attached hydrogens (tertiary/aromatic N) is 1. The van der Waals surface area contributed by atoms with Gasteiger partial charge in [-0.25, -0.2) is 4.79 Å². The summed E-state index contributed by atoms with van der Waals surface area (Å²) >= 11 is 5.73. The fourth-order valence-electron chi connectivity index (χ4n) is 2.52. The number of para-hydroxylation sites is 1. The molecule has 0 aromatic heterocycles. The van der Waals surface area contributed by atoms with Crippen molar-refractivity contribution in [2.24, 2.45) is 0 Å². The quantitative estimate of drug-likeness (QED) is 0.228. The number of aliphatic carboxylic acids is 2. The van der Waals surface area contributed by atoms with Gasteiger partial charge in [0.2, 0.25) is 0 Å². The maximum absolute atomic E-state index is 13.0. The second-order valence-electron chi connectivity index (χ2n) is 5.97. The molecule has 0 aliphatic rings. The second kappa shape index (κ2) is 11.6. The van der Waals surface area contributed by atoms with Crippen LogP contribution in [0.25, 0.3) is 0 Å². The molecule has 0 spiro atoms. The van der Waals surface area contributed by atoms with Gasteiger partial charge in [0.05, 0.1) is 18.4 Å². The Labute approximate surface area is 173 Å². The average Bonchev–Trinajstić information content (AvgIpc) is 2.63. The van der Waals surface area contributed by atoms with Gasteiger partial charge >= 0.3 is 11.9 Å². The molecule has 0 unspecified atom stereocenters. The summed E-state index contributed by atoms with van der Waals surface area (Å²) in [5, 5.41) is 21.2. The molecule has 1 aromatic carbocycles. The van der Waals surface area contributed by atoms with Crippen molar-refractivity contribution < 1.29 is 37.2 Å². The van der Waals surface area contributed by atoms with Gasteiger partial charge in [-0.15, -0.1) is 11.6 Å². The number of amides is 1. The van der Waals surface area contributed by atoms with Gasteiger partial charge in [0.15, 0.2) is 0 Å². The van der Waals surface area contributed by atoms with Crippen molar-refractivity contribution in [3.63, 3.8) is 0 Å². The number of rotatable bonds is 13. The Bertz CT molecular complexity index is 830. The highest BCUT2D eigenvalue weighted by atomic mass is 35.5. The maximum Gasteiger partial charge on any atom is 0.326 e. The molecule has 0 bridgehead atoms. The zero-order valence-electron chi connectivity index (χ0n) is 15.7. The molecule has 29 heavy (non-hydrogen) atoms. The largest absolute Gasteiger partial charge is 0.481 e. The Morgan fingerprint density at radius 1 is 1.24 bits per heavy atom. The summed E-state index contributed by atoms with van der Waals surface area (Å²) in [6.07, 6.45) is 0.217. The van der Waals surface area contributed by atoms with E-state index in [2.05, 4.69) is 9.50 Å². The lowest BCUT2D eigenvalue weighted by molar-refractivity contribution is -0.143. The van der Waals surface area contributed by atoms with Gasteiger partial charge in [-0.05, 0) is 18.6 Å². The van der Waals surface area contributed by atoms with Crippen molar-refractivity contribution in [1.29, 1.82) is 0 Å². The average molecular weight is 451 g/mol. The van der Waals surface area contributed by atoms with Crippen LogP contribution in [-0.4, -0.2) is 79.3 Å². The van der Waals surface area contributed by atoms with E-state index in [1.807, 2.05) is 0 Å². The minimum atomic E-state index is -3.60. The van der Waals surface area contributed by atoms with Crippen LogP contribution in [0.15, 0.2) is 24.3 Å². The van der Waals surface area contributed by atoms with E-state index < -0.39 is 40.4 Å². The molecule has 0 saturated heterocycles. The van der Waals surface area contributed by atoms with Gasteiger partial charge < -0.3 is 20.4 Å². The van der Waals surface area contributed by atoms with E-state index in [-0.39, 0.29) is 37.6 Å². The molecular formula is C17H23ClN2O8S. The molecule has 162 valence electrons. The summed E-state index contributed by atoms with van der Waals surface area (Å²) in [6, 6.07) is 4.90. The van der Waals surface area contributed by atoms with Gasteiger partial charge in [0.1, 0.15) is 6.04 Å².